The highest BCUT2D eigenvalue weighted by Gasteiger charge is 2.57. The zero-order chi connectivity index (χ0) is 20.1. The molecule has 1 rings (SSSR count). The number of carbonyl (C=O) groups excluding carboxylic acids is 2. The number of rotatable bonds is 8. The topological polar surface area (TPSA) is 192 Å². The zero-order valence-corrected chi connectivity index (χ0v) is 13.6. The van der Waals surface area contributed by atoms with Gasteiger partial charge >= 0.3 is 17.7 Å². The van der Waals surface area contributed by atoms with Crippen LogP contribution >= 0.6 is 0 Å². The first-order valence-electron chi connectivity index (χ1n) is 7.35. The maximum absolute atomic E-state index is 12.4. The maximum atomic E-state index is 12.4. The van der Waals surface area contributed by atoms with E-state index in [0.29, 0.717) is 0 Å². The summed E-state index contributed by atoms with van der Waals surface area (Å²) < 4.78 is 17.5. The van der Waals surface area contributed by atoms with Crippen LogP contribution in [0.2, 0.25) is 0 Å². The smallest absolute Gasteiger partial charge is 0.368 e. The molecule has 13 heteroatoms. The lowest BCUT2D eigenvalue weighted by Gasteiger charge is -2.45. The van der Waals surface area contributed by atoms with E-state index in [0.717, 1.165) is 6.92 Å². The van der Waals surface area contributed by atoms with E-state index in [4.69, 9.17) is 9.84 Å². The van der Waals surface area contributed by atoms with Gasteiger partial charge in [-0.25, -0.2) is 14.0 Å². The van der Waals surface area contributed by atoms with Gasteiger partial charge in [0.05, 0.1) is 18.8 Å². The molecule has 12 nitrogen and oxygen atoms in total. The summed E-state index contributed by atoms with van der Waals surface area (Å²) in [6.45, 7) is -1.57. The first-order chi connectivity index (χ1) is 12.1. The number of hydrogen-bond donors (Lipinski definition) is 6. The van der Waals surface area contributed by atoms with E-state index < -0.39 is 73.8 Å². The Labute approximate surface area is 146 Å². The number of ether oxygens (including phenoxy) is 1. The molecule has 6 atom stereocenters. The SMILES string of the molecule is CC(=O)OO[C@@]1(C(=O)O)C[C@H](O)[C@@H](NC(=O)CF)[C@H]([C@H](O)[C@H](O)CO)O1. The summed E-state index contributed by atoms with van der Waals surface area (Å²) in [5, 5.41) is 50.1. The van der Waals surface area contributed by atoms with Gasteiger partial charge in [-0.1, -0.05) is 0 Å². The number of carboxylic acids is 1. The summed E-state index contributed by atoms with van der Waals surface area (Å²) in [4.78, 5) is 42.3. The van der Waals surface area contributed by atoms with E-state index in [9.17, 15) is 39.2 Å². The highest BCUT2D eigenvalue weighted by molar-refractivity contribution is 5.78. The predicted molar refractivity (Wildman–Crippen MR) is 75.7 cm³/mol. The van der Waals surface area contributed by atoms with Crippen molar-refractivity contribution in [1.29, 1.82) is 0 Å². The van der Waals surface area contributed by atoms with Crippen molar-refractivity contribution < 1.29 is 58.8 Å². The van der Waals surface area contributed by atoms with Crippen LogP contribution in [0.25, 0.3) is 0 Å². The van der Waals surface area contributed by atoms with Crippen LogP contribution in [0.15, 0.2) is 0 Å². The monoisotopic (exact) mass is 385 g/mol. The van der Waals surface area contributed by atoms with Crippen molar-refractivity contribution in [1.82, 2.24) is 5.32 Å². The van der Waals surface area contributed by atoms with E-state index in [2.05, 4.69) is 9.78 Å². The van der Waals surface area contributed by atoms with Crippen molar-refractivity contribution >= 4 is 17.8 Å². The third-order valence-electron chi connectivity index (χ3n) is 3.56. The molecule has 150 valence electrons. The molecule has 1 aliphatic rings. The van der Waals surface area contributed by atoms with E-state index in [1.54, 1.807) is 0 Å². The van der Waals surface area contributed by atoms with Crippen LogP contribution in [-0.2, 0) is 28.9 Å². The molecule has 6 N–H and O–H groups in total. The van der Waals surface area contributed by atoms with Crippen molar-refractivity contribution in [2.24, 2.45) is 0 Å². The quantitative estimate of drug-likeness (QED) is 0.180. The van der Waals surface area contributed by atoms with Gasteiger partial charge in [-0.2, -0.15) is 0 Å². The van der Waals surface area contributed by atoms with Crippen LogP contribution in [0.1, 0.15) is 13.3 Å². The van der Waals surface area contributed by atoms with Crippen molar-refractivity contribution in [2.45, 2.75) is 49.6 Å². The normalized spacial score (nSPS) is 30.9. The van der Waals surface area contributed by atoms with E-state index >= 15 is 0 Å². The number of halogens is 1. The van der Waals surface area contributed by atoms with Gasteiger partial charge in [-0.15, -0.1) is 4.89 Å². The molecule has 1 fully saturated rings. The van der Waals surface area contributed by atoms with Crippen LogP contribution in [0.3, 0.4) is 0 Å². The third-order valence-corrected chi connectivity index (χ3v) is 3.56. The number of aliphatic hydroxyl groups is 4. The van der Waals surface area contributed by atoms with Gasteiger partial charge in [0.25, 0.3) is 5.91 Å². The Kier molecular flexibility index (Phi) is 7.80. The van der Waals surface area contributed by atoms with Crippen LogP contribution in [0, 0.1) is 0 Å². The molecule has 0 saturated carbocycles. The molecule has 1 aliphatic heterocycles. The van der Waals surface area contributed by atoms with Gasteiger partial charge < -0.3 is 35.6 Å². The number of carboxylic acid groups (broad SMARTS) is 1. The number of nitrogens with one attached hydrogen (secondary N) is 1. The minimum atomic E-state index is -2.79. The highest BCUT2D eigenvalue weighted by atomic mass is 19.1. The highest BCUT2D eigenvalue weighted by Crippen LogP contribution is 2.33. The van der Waals surface area contributed by atoms with Gasteiger partial charge in [0.1, 0.15) is 18.3 Å². The van der Waals surface area contributed by atoms with Gasteiger partial charge in [0.15, 0.2) is 6.67 Å². The lowest BCUT2D eigenvalue weighted by Crippen LogP contribution is -2.68. The fourth-order valence-electron chi connectivity index (χ4n) is 2.33. The van der Waals surface area contributed by atoms with Gasteiger partial charge in [0, 0.05) is 13.3 Å². The summed E-state index contributed by atoms with van der Waals surface area (Å²) in [7, 11) is 0. The number of alkyl halides is 1. The molecule has 1 saturated heterocycles. The summed E-state index contributed by atoms with van der Waals surface area (Å²) in [5.41, 5.74) is 0. The average molecular weight is 385 g/mol. The number of carbonyl (C=O) groups is 3. The molecular formula is C13H20FNO11. The summed E-state index contributed by atoms with van der Waals surface area (Å²) in [6.07, 6.45) is -8.43. The Hall–Kier alpha value is -1.90. The first-order valence-corrected chi connectivity index (χ1v) is 7.35. The Morgan fingerprint density at radius 3 is 2.46 bits per heavy atom. The van der Waals surface area contributed by atoms with Crippen molar-refractivity contribution in [3.8, 4) is 0 Å². The second kappa shape index (κ2) is 9.16. The Morgan fingerprint density at radius 1 is 1.38 bits per heavy atom. The Bertz CT molecular complexity index is 532. The Balaban J connectivity index is 3.20. The molecule has 0 aromatic heterocycles. The fourth-order valence-corrected chi connectivity index (χ4v) is 2.33. The third kappa shape index (κ3) is 5.06. The largest absolute Gasteiger partial charge is 0.477 e. The number of amides is 1. The molecule has 1 amide bonds. The van der Waals surface area contributed by atoms with Crippen LogP contribution in [-0.4, -0.2) is 92.9 Å². The van der Waals surface area contributed by atoms with Gasteiger partial charge in [-0.3, -0.25) is 9.68 Å². The molecular weight excluding hydrogens is 365 g/mol. The van der Waals surface area contributed by atoms with E-state index in [1.807, 2.05) is 5.32 Å². The minimum absolute atomic E-state index is 0.884. The van der Waals surface area contributed by atoms with Crippen molar-refractivity contribution in [3.05, 3.63) is 0 Å². The summed E-state index contributed by atoms with van der Waals surface area (Å²) >= 11 is 0. The van der Waals surface area contributed by atoms with Crippen LogP contribution < -0.4 is 5.32 Å². The van der Waals surface area contributed by atoms with E-state index in [-0.39, 0.29) is 0 Å². The first kappa shape index (κ1) is 22.1. The fraction of sp³-hybridized carbons (Fsp3) is 0.769. The van der Waals surface area contributed by atoms with Gasteiger partial charge in [-0.05, 0) is 0 Å². The van der Waals surface area contributed by atoms with Crippen molar-refractivity contribution in [3.63, 3.8) is 0 Å². The maximum Gasteiger partial charge on any atom is 0.368 e. The molecule has 0 spiro atoms. The number of hydrogen-bond acceptors (Lipinski definition) is 10. The predicted octanol–water partition coefficient (Wildman–Crippen LogP) is -3.42. The molecule has 0 aromatic carbocycles. The Morgan fingerprint density at radius 2 is 2.00 bits per heavy atom. The van der Waals surface area contributed by atoms with E-state index in [1.165, 1.54) is 0 Å². The molecule has 0 aliphatic carbocycles. The number of aliphatic hydroxyl groups excluding tert-OH is 4. The second-order valence-corrected chi connectivity index (χ2v) is 5.54. The molecule has 0 unspecified atom stereocenters. The number of aliphatic carboxylic acids is 1. The summed E-state index contributed by atoms with van der Waals surface area (Å²) in [5.74, 6) is -6.91. The molecule has 1 heterocycles. The lowest BCUT2D eigenvalue weighted by atomic mass is 9.88. The second-order valence-electron chi connectivity index (χ2n) is 5.54. The molecule has 0 radical (unpaired) electrons. The lowest BCUT2D eigenvalue weighted by molar-refractivity contribution is -0.420. The average Bonchev–Trinajstić information content (AvgIpc) is 2.59. The molecule has 0 aromatic rings. The summed E-state index contributed by atoms with van der Waals surface area (Å²) in [6, 6.07) is -1.57. The molecule has 26 heavy (non-hydrogen) atoms. The van der Waals surface area contributed by atoms with Crippen LogP contribution in [0.5, 0.6) is 0 Å². The van der Waals surface area contributed by atoms with Crippen LogP contribution in [0.4, 0.5) is 4.39 Å². The zero-order valence-electron chi connectivity index (χ0n) is 13.6. The van der Waals surface area contributed by atoms with Crippen molar-refractivity contribution in [2.75, 3.05) is 13.3 Å². The standard InChI is InChI=1S/C13H20FNO11/c1-5(17)25-26-13(12(22)23)2-6(18)9(15-8(20)3-14)11(24-13)10(21)7(19)4-16/h6-7,9-11,16,18-19,21H,2-4H2,1H3,(H,15,20)(H,22,23)/t6-,7+,9+,10+,11+,13+/m0/s1. The van der Waals surface area contributed by atoms with Gasteiger partial charge in [0.2, 0.25) is 0 Å². The molecule has 0 bridgehead atoms. The minimum Gasteiger partial charge on any atom is -0.477 e.